The summed E-state index contributed by atoms with van der Waals surface area (Å²) in [6.07, 6.45) is 2.46. The first-order valence-corrected chi connectivity index (χ1v) is 6.62. The van der Waals surface area contributed by atoms with Crippen molar-refractivity contribution in [2.24, 2.45) is 0 Å². The Morgan fingerprint density at radius 3 is 3.12 bits per heavy atom. The number of nitrogens with zero attached hydrogens (tertiary/aromatic N) is 2. The highest BCUT2D eigenvalue weighted by Gasteiger charge is 2.12. The van der Waals surface area contributed by atoms with Crippen molar-refractivity contribution in [3.63, 3.8) is 0 Å². The number of hydrogen-bond donors (Lipinski definition) is 1. The summed E-state index contributed by atoms with van der Waals surface area (Å²) in [5.41, 5.74) is 2.32. The van der Waals surface area contributed by atoms with Crippen molar-refractivity contribution >= 4 is 0 Å². The standard InChI is InChI=1S/C14H23N3/c1-12-7-10-17(9-4-8-15-12)11-14-6-3-5-13(2)16-14/h3,5-6,12,15H,4,7-11H2,1-2H3. The van der Waals surface area contributed by atoms with E-state index in [9.17, 15) is 0 Å². The maximum absolute atomic E-state index is 4.58. The number of nitrogens with one attached hydrogen (secondary N) is 1. The summed E-state index contributed by atoms with van der Waals surface area (Å²) >= 11 is 0. The van der Waals surface area contributed by atoms with Gasteiger partial charge in [-0.25, -0.2) is 0 Å². The van der Waals surface area contributed by atoms with E-state index in [1.54, 1.807) is 0 Å². The quantitative estimate of drug-likeness (QED) is 0.846. The van der Waals surface area contributed by atoms with Crippen LogP contribution in [-0.2, 0) is 6.54 Å². The van der Waals surface area contributed by atoms with Gasteiger partial charge in [-0.3, -0.25) is 9.88 Å². The molecule has 1 saturated heterocycles. The summed E-state index contributed by atoms with van der Waals surface area (Å²) in [6, 6.07) is 6.94. The molecule has 0 aliphatic carbocycles. The Labute approximate surface area is 104 Å². The van der Waals surface area contributed by atoms with Gasteiger partial charge in [-0.05, 0) is 51.9 Å². The lowest BCUT2D eigenvalue weighted by Gasteiger charge is -2.27. The van der Waals surface area contributed by atoms with Crippen molar-refractivity contribution in [1.82, 2.24) is 15.2 Å². The second-order valence-corrected chi connectivity index (χ2v) is 5.04. The molecule has 1 N–H and O–H groups in total. The molecule has 0 bridgehead atoms. The Kier molecular flexibility index (Phi) is 4.51. The molecule has 94 valence electrons. The van der Waals surface area contributed by atoms with Gasteiger partial charge in [0.2, 0.25) is 0 Å². The number of pyridine rings is 1. The Morgan fingerprint density at radius 2 is 2.29 bits per heavy atom. The normalized spacial score (nSPS) is 23.1. The van der Waals surface area contributed by atoms with E-state index < -0.39 is 0 Å². The summed E-state index contributed by atoms with van der Waals surface area (Å²) in [5.74, 6) is 0. The Balaban J connectivity index is 1.92. The van der Waals surface area contributed by atoms with Crippen LogP contribution < -0.4 is 5.32 Å². The lowest BCUT2D eigenvalue weighted by Crippen LogP contribution is -2.38. The first-order valence-electron chi connectivity index (χ1n) is 6.62. The Hall–Kier alpha value is -0.930. The van der Waals surface area contributed by atoms with Gasteiger partial charge in [0.05, 0.1) is 5.69 Å². The maximum Gasteiger partial charge on any atom is 0.0547 e. The van der Waals surface area contributed by atoms with E-state index in [1.165, 1.54) is 31.6 Å². The van der Waals surface area contributed by atoms with E-state index >= 15 is 0 Å². The van der Waals surface area contributed by atoms with Crippen LogP contribution in [0.1, 0.15) is 31.2 Å². The van der Waals surface area contributed by atoms with Crippen LogP contribution in [0, 0.1) is 6.92 Å². The highest BCUT2D eigenvalue weighted by Crippen LogP contribution is 2.07. The van der Waals surface area contributed by atoms with Gasteiger partial charge in [-0.15, -0.1) is 0 Å². The zero-order valence-corrected chi connectivity index (χ0v) is 10.9. The average Bonchev–Trinajstić information content (AvgIpc) is 2.28. The van der Waals surface area contributed by atoms with Crippen LogP contribution in [0.4, 0.5) is 0 Å². The molecular weight excluding hydrogens is 210 g/mol. The van der Waals surface area contributed by atoms with Gasteiger partial charge in [-0.1, -0.05) is 6.07 Å². The van der Waals surface area contributed by atoms with Crippen molar-refractivity contribution in [3.05, 3.63) is 29.6 Å². The molecular formula is C14H23N3. The SMILES string of the molecule is Cc1cccc(CN2CCCNC(C)CC2)n1. The molecule has 0 amide bonds. The summed E-state index contributed by atoms with van der Waals surface area (Å²) < 4.78 is 0. The van der Waals surface area contributed by atoms with Crippen molar-refractivity contribution in [2.75, 3.05) is 19.6 Å². The first-order chi connectivity index (χ1) is 8.24. The molecule has 1 aliphatic rings. The van der Waals surface area contributed by atoms with Gasteiger partial charge in [-0.2, -0.15) is 0 Å². The number of aryl methyl sites for hydroxylation is 1. The molecule has 2 rings (SSSR count). The molecule has 0 aromatic carbocycles. The monoisotopic (exact) mass is 233 g/mol. The minimum atomic E-state index is 0.642. The largest absolute Gasteiger partial charge is 0.314 e. The predicted molar refractivity (Wildman–Crippen MR) is 70.9 cm³/mol. The molecule has 17 heavy (non-hydrogen) atoms. The fourth-order valence-corrected chi connectivity index (χ4v) is 2.32. The van der Waals surface area contributed by atoms with Crippen LogP contribution >= 0.6 is 0 Å². The summed E-state index contributed by atoms with van der Waals surface area (Å²) in [6.45, 7) is 8.81. The number of aromatic nitrogens is 1. The molecule has 0 radical (unpaired) electrons. The van der Waals surface area contributed by atoms with Gasteiger partial charge in [0, 0.05) is 24.8 Å². The maximum atomic E-state index is 4.58. The lowest BCUT2D eigenvalue weighted by molar-refractivity contribution is 0.227. The third kappa shape index (κ3) is 4.10. The Bertz CT molecular complexity index is 351. The second kappa shape index (κ2) is 6.12. The molecule has 1 aromatic rings. The van der Waals surface area contributed by atoms with E-state index in [0.29, 0.717) is 6.04 Å². The molecule has 0 spiro atoms. The van der Waals surface area contributed by atoms with Crippen LogP contribution in [0.25, 0.3) is 0 Å². The highest BCUT2D eigenvalue weighted by atomic mass is 15.1. The minimum Gasteiger partial charge on any atom is -0.314 e. The summed E-state index contributed by atoms with van der Waals surface area (Å²) in [4.78, 5) is 7.11. The van der Waals surface area contributed by atoms with Crippen molar-refractivity contribution in [2.45, 2.75) is 39.3 Å². The molecule has 3 nitrogen and oxygen atoms in total. The molecule has 2 heterocycles. The van der Waals surface area contributed by atoms with Crippen molar-refractivity contribution < 1.29 is 0 Å². The van der Waals surface area contributed by atoms with Gasteiger partial charge in [0.1, 0.15) is 0 Å². The summed E-state index contributed by atoms with van der Waals surface area (Å²) in [7, 11) is 0. The van der Waals surface area contributed by atoms with E-state index in [0.717, 1.165) is 18.8 Å². The van der Waals surface area contributed by atoms with Gasteiger partial charge in [0.25, 0.3) is 0 Å². The van der Waals surface area contributed by atoms with E-state index in [4.69, 9.17) is 0 Å². The van der Waals surface area contributed by atoms with E-state index in [2.05, 4.69) is 47.2 Å². The van der Waals surface area contributed by atoms with Gasteiger partial charge in [0.15, 0.2) is 0 Å². The lowest BCUT2D eigenvalue weighted by atomic mass is 10.1. The topological polar surface area (TPSA) is 28.2 Å². The second-order valence-electron chi connectivity index (χ2n) is 5.04. The van der Waals surface area contributed by atoms with Crippen LogP contribution in [0.15, 0.2) is 18.2 Å². The van der Waals surface area contributed by atoms with Crippen LogP contribution in [0.3, 0.4) is 0 Å². The molecule has 1 atom stereocenters. The molecule has 0 saturated carbocycles. The summed E-state index contributed by atoms with van der Waals surface area (Å²) in [5, 5.41) is 3.54. The smallest absolute Gasteiger partial charge is 0.0547 e. The average molecular weight is 233 g/mol. The Morgan fingerprint density at radius 1 is 1.41 bits per heavy atom. The fraction of sp³-hybridized carbons (Fsp3) is 0.643. The number of rotatable bonds is 2. The number of hydrogen-bond acceptors (Lipinski definition) is 3. The van der Waals surface area contributed by atoms with Crippen LogP contribution in [0.2, 0.25) is 0 Å². The van der Waals surface area contributed by atoms with E-state index in [-0.39, 0.29) is 0 Å². The van der Waals surface area contributed by atoms with Crippen molar-refractivity contribution in [1.29, 1.82) is 0 Å². The highest BCUT2D eigenvalue weighted by molar-refractivity contribution is 5.09. The van der Waals surface area contributed by atoms with E-state index in [1.807, 2.05) is 0 Å². The van der Waals surface area contributed by atoms with Crippen LogP contribution in [-0.4, -0.2) is 35.6 Å². The third-order valence-electron chi connectivity index (χ3n) is 3.35. The van der Waals surface area contributed by atoms with Gasteiger partial charge < -0.3 is 5.32 Å². The molecule has 1 aromatic heterocycles. The zero-order chi connectivity index (χ0) is 12.1. The van der Waals surface area contributed by atoms with Crippen LogP contribution in [0.5, 0.6) is 0 Å². The van der Waals surface area contributed by atoms with Crippen molar-refractivity contribution in [3.8, 4) is 0 Å². The minimum absolute atomic E-state index is 0.642. The molecule has 1 aliphatic heterocycles. The first kappa shape index (κ1) is 12.5. The zero-order valence-electron chi connectivity index (χ0n) is 10.9. The molecule has 1 unspecified atom stereocenters. The molecule has 1 fully saturated rings. The third-order valence-corrected chi connectivity index (χ3v) is 3.35. The molecule has 3 heteroatoms. The predicted octanol–water partition coefficient (Wildman–Crippen LogP) is 1.96. The fourth-order valence-electron chi connectivity index (χ4n) is 2.32. The van der Waals surface area contributed by atoms with Gasteiger partial charge >= 0.3 is 0 Å².